The number of rotatable bonds is 4. The number of alkyl halides is 1. The molecule has 0 amide bonds. The number of piperidine rings is 1. The number of hydrogen-bond acceptors (Lipinski definition) is 4. The maximum Gasteiger partial charge on any atom is 0.218 e. The summed E-state index contributed by atoms with van der Waals surface area (Å²) < 4.78 is 5.41. The lowest BCUT2D eigenvalue weighted by atomic mass is 9.94. The van der Waals surface area contributed by atoms with Crippen molar-refractivity contribution in [2.24, 2.45) is 5.92 Å². The second-order valence-corrected chi connectivity index (χ2v) is 6.09. The molecule has 1 fully saturated rings. The van der Waals surface area contributed by atoms with Gasteiger partial charge in [0.1, 0.15) is 12.1 Å². The lowest BCUT2D eigenvalue weighted by Crippen LogP contribution is -2.36. The van der Waals surface area contributed by atoms with Gasteiger partial charge < -0.3 is 9.64 Å². The second-order valence-electron chi connectivity index (χ2n) is 4.65. The number of hydrogen-bond donors (Lipinski definition) is 0. The van der Waals surface area contributed by atoms with Crippen molar-refractivity contribution < 1.29 is 4.74 Å². The van der Waals surface area contributed by atoms with Crippen LogP contribution in [0.15, 0.2) is 12.4 Å². The monoisotopic (exact) mass is 313 g/mol. The predicted octanol–water partition coefficient (Wildman–Crippen LogP) is 2.88. The molecular weight excluding hydrogens is 294 g/mol. The van der Waals surface area contributed by atoms with Gasteiger partial charge >= 0.3 is 0 Å². The van der Waals surface area contributed by atoms with E-state index >= 15 is 0 Å². The van der Waals surface area contributed by atoms with Crippen molar-refractivity contribution in [1.82, 2.24) is 9.97 Å². The van der Waals surface area contributed by atoms with E-state index in [1.165, 1.54) is 12.8 Å². The largest absolute Gasteiger partial charge is 0.478 e. The van der Waals surface area contributed by atoms with E-state index in [0.717, 1.165) is 24.8 Å². The molecule has 2 heterocycles. The first kappa shape index (κ1) is 13.6. The molecule has 1 aromatic rings. The number of aromatic nitrogens is 2. The fourth-order valence-corrected chi connectivity index (χ4v) is 2.85. The van der Waals surface area contributed by atoms with Crippen LogP contribution in [0, 0.1) is 5.92 Å². The van der Waals surface area contributed by atoms with E-state index in [9.17, 15) is 0 Å². The van der Waals surface area contributed by atoms with Crippen molar-refractivity contribution in [1.29, 1.82) is 0 Å². The first-order valence-corrected chi connectivity index (χ1v) is 7.46. The zero-order valence-electron chi connectivity index (χ0n) is 11.0. The molecular formula is C13H20BrN3O. The van der Waals surface area contributed by atoms with Crippen molar-refractivity contribution >= 4 is 21.7 Å². The Bertz CT molecular complexity index is 378. The fraction of sp³-hybridized carbons (Fsp3) is 0.692. The summed E-state index contributed by atoms with van der Waals surface area (Å²) >= 11 is 3.68. The van der Waals surface area contributed by atoms with Gasteiger partial charge in [0.05, 0.1) is 6.61 Å². The molecule has 1 aliphatic rings. The van der Waals surface area contributed by atoms with E-state index in [0.29, 0.717) is 17.3 Å². The first-order chi connectivity index (χ1) is 8.70. The minimum Gasteiger partial charge on any atom is -0.478 e. The van der Waals surface area contributed by atoms with Gasteiger partial charge in [-0.2, -0.15) is 0 Å². The summed E-state index contributed by atoms with van der Waals surface area (Å²) in [6, 6.07) is 1.93. The summed E-state index contributed by atoms with van der Waals surface area (Å²) in [5.41, 5.74) is 0. The first-order valence-electron chi connectivity index (χ1n) is 6.54. The van der Waals surface area contributed by atoms with Gasteiger partial charge in [0, 0.05) is 24.0 Å². The number of ether oxygens (including phenoxy) is 1. The van der Waals surface area contributed by atoms with Crippen LogP contribution in [0.1, 0.15) is 26.7 Å². The zero-order chi connectivity index (χ0) is 13.0. The van der Waals surface area contributed by atoms with Gasteiger partial charge in [-0.15, -0.1) is 0 Å². The van der Waals surface area contributed by atoms with Crippen molar-refractivity contribution in [2.75, 3.05) is 24.6 Å². The molecule has 0 aliphatic carbocycles. The van der Waals surface area contributed by atoms with E-state index in [-0.39, 0.29) is 0 Å². The Hall–Kier alpha value is -0.840. The van der Waals surface area contributed by atoms with Crippen molar-refractivity contribution in [2.45, 2.75) is 31.5 Å². The van der Waals surface area contributed by atoms with Crippen LogP contribution in [0.4, 0.5) is 5.82 Å². The Balaban J connectivity index is 1.98. The summed E-state index contributed by atoms with van der Waals surface area (Å²) in [4.78, 5) is 11.4. The third-order valence-corrected chi connectivity index (χ3v) is 4.18. The van der Waals surface area contributed by atoms with Crippen LogP contribution in [0.3, 0.4) is 0 Å². The van der Waals surface area contributed by atoms with Crippen LogP contribution in [0.5, 0.6) is 5.88 Å². The Morgan fingerprint density at radius 2 is 2.17 bits per heavy atom. The van der Waals surface area contributed by atoms with Gasteiger partial charge in [0.2, 0.25) is 5.88 Å². The highest BCUT2D eigenvalue weighted by molar-refractivity contribution is 9.09. The quantitative estimate of drug-likeness (QED) is 0.801. The normalized spacial score (nSPS) is 18.7. The molecule has 1 aliphatic heterocycles. The van der Waals surface area contributed by atoms with Crippen LogP contribution in [-0.4, -0.2) is 34.5 Å². The molecule has 5 heteroatoms. The lowest BCUT2D eigenvalue weighted by Gasteiger charge is -2.34. The average molecular weight is 314 g/mol. The summed E-state index contributed by atoms with van der Waals surface area (Å²) in [7, 11) is 0. The third kappa shape index (κ3) is 3.34. The van der Waals surface area contributed by atoms with E-state index in [1.807, 2.05) is 13.0 Å². The van der Waals surface area contributed by atoms with Gasteiger partial charge in [-0.3, -0.25) is 0 Å². The maximum absolute atomic E-state index is 5.41. The van der Waals surface area contributed by atoms with Gasteiger partial charge in [0.25, 0.3) is 0 Å². The summed E-state index contributed by atoms with van der Waals surface area (Å²) in [5.74, 6) is 2.42. The van der Waals surface area contributed by atoms with E-state index in [1.54, 1.807) is 6.33 Å². The highest BCUT2D eigenvalue weighted by Gasteiger charge is 2.23. The predicted molar refractivity (Wildman–Crippen MR) is 76.5 cm³/mol. The Morgan fingerprint density at radius 3 is 2.78 bits per heavy atom. The molecule has 1 aromatic heterocycles. The zero-order valence-corrected chi connectivity index (χ0v) is 12.6. The van der Waals surface area contributed by atoms with Crippen LogP contribution < -0.4 is 9.64 Å². The molecule has 1 unspecified atom stereocenters. The molecule has 0 N–H and O–H groups in total. The molecule has 0 aromatic carbocycles. The Kier molecular flexibility index (Phi) is 4.80. The summed E-state index contributed by atoms with van der Waals surface area (Å²) in [6.45, 7) is 6.95. The average Bonchev–Trinajstić information content (AvgIpc) is 2.39. The van der Waals surface area contributed by atoms with Crippen LogP contribution in [0.25, 0.3) is 0 Å². The Labute approximate surface area is 117 Å². The number of nitrogens with zero attached hydrogens (tertiary/aromatic N) is 3. The second kappa shape index (κ2) is 6.36. The molecule has 0 bridgehead atoms. The smallest absolute Gasteiger partial charge is 0.218 e. The topological polar surface area (TPSA) is 38.2 Å². The molecule has 0 radical (unpaired) electrons. The van der Waals surface area contributed by atoms with Crippen LogP contribution in [0.2, 0.25) is 0 Å². The summed E-state index contributed by atoms with van der Waals surface area (Å²) in [6.07, 6.45) is 4.00. The van der Waals surface area contributed by atoms with E-state index in [2.05, 4.69) is 37.7 Å². The number of anilines is 1. The molecule has 2 rings (SSSR count). The van der Waals surface area contributed by atoms with Gasteiger partial charge in [-0.25, -0.2) is 9.97 Å². The minimum atomic E-state index is 0.601. The lowest BCUT2D eigenvalue weighted by molar-refractivity contribution is 0.325. The minimum absolute atomic E-state index is 0.601. The van der Waals surface area contributed by atoms with Gasteiger partial charge in [-0.05, 0) is 25.7 Å². The van der Waals surface area contributed by atoms with E-state index < -0.39 is 0 Å². The molecule has 1 saturated heterocycles. The Morgan fingerprint density at radius 1 is 1.44 bits per heavy atom. The van der Waals surface area contributed by atoms with Gasteiger partial charge in [-0.1, -0.05) is 22.9 Å². The van der Waals surface area contributed by atoms with Crippen molar-refractivity contribution in [3.63, 3.8) is 0 Å². The van der Waals surface area contributed by atoms with Crippen LogP contribution >= 0.6 is 15.9 Å². The SMILES string of the molecule is CCOc1cc(N2CCC(C(C)Br)CC2)ncn1. The fourth-order valence-electron chi connectivity index (χ4n) is 2.32. The maximum atomic E-state index is 5.41. The summed E-state index contributed by atoms with van der Waals surface area (Å²) in [5, 5.41) is 0. The molecule has 1 atom stereocenters. The highest BCUT2D eigenvalue weighted by Crippen LogP contribution is 2.27. The van der Waals surface area contributed by atoms with E-state index in [4.69, 9.17) is 4.74 Å². The van der Waals surface area contributed by atoms with Crippen molar-refractivity contribution in [3.05, 3.63) is 12.4 Å². The molecule has 18 heavy (non-hydrogen) atoms. The van der Waals surface area contributed by atoms with Crippen LogP contribution in [-0.2, 0) is 0 Å². The number of halogens is 1. The third-order valence-electron chi connectivity index (χ3n) is 3.43. The van der Waals surface area contributed by atoms with Gasteiger partial charge in [0.15, 0.2) is 0 Å². The molecule has 0 saturated carbocycles. The standard InChI is InChI=1S/C13H20BrN3O/c1-3-18-13-8-12(15-9-16-13)17-6-4-11(5-7-17)10(2)14/h8-11H,3-7H2,1-2H3. The highest BCUT2D eigenvalue weighted by atomic mass is 79.9. The molecule has 100 valence electrons. The molecule has 0 spiro atoms. The van der Waals surface area contributed by atoms with Crippen molar-refractivity contribution in [3.8, 4) is 5.88 Å². The molecule has 4 nitrogen and oxygen atoms in total.